The van der Waals surface area contributed by atoms with Crippen molar-refractivity contribution >= 4 is 21.6 Å². The van der Waals surface area contributed by atoms with Crippen molar-refractivity contribution in [3.8, 4) is 28.0 Å². The van der Waals surface area contributed by atoms with Gasteiger partial charge in [-0.2, -0.15) is 5.26 Å². The van der Waals surface area contributed by atoms with E-state index >= 15 is 0 Å². The highest BCUT2D eigenvalue weighted by Gasteiger charge is 2.26. The normalized spacial score (nSPS) is 11.1. The van der Waals surface area contributed by atoms with Crippen LogP contribution >= 0.6 is 11.5 Å². The third-order valence-electron chi connectivity index (χ3n) is 4.24. The minimum absolute atomic E-state index is 0.0884. The van der Waals surface area contributed by atoms with E-state index in [0.29, 0.717) is 27.5 Å². The Morgan fingerprint density at radius 3 is 2.59 bits per heavy atom. The summed E-state index contributed by atoms with van der Waals surface area (Å²) in [4.78, 5) is -0.295. The topological polar surface area (TPSA) is 128 Å². The second-order valence-electron chi connectivity index (χ2n) is 5.88. The molecule has 0 fully saturated rings. The molecule has 0 saturated heterocycles. The number of hydrogen-bond acceptors (Lipinski definition) is 8. The Morgan fingerprint density at radius 1 is 1.28 bits per heavy atom. The number of benzene rings is 2. The average molecular weight is 434 g/mol. The van der Waals surface area contributed by atoms with E-state index in [9.17, 15) is 18.1 Å². The number of nitriles is 1. The van der Waals surface area contributed by atoms with Gasteiger partial charge in [0.2, 0.25) is 10.0 Å². The lowest BCUT2D eigenvalue weighted by Crippen LogP contribution is -2.16. The molecule has 3 aromatic rings. The van der Waals surface area contributed by atoms with E-state index in [0.717, 1.165) is 17.6 Å². The van der Waals surface area contributed by atoms with Gasteiger partial charge in [0, 0.05) is 18.1 Å². The van der Waals surface area contributed by atoms with Crippen LogP contribution < -0.4 is 14.6 Å². The third kappa shape index (κ3) is 4.04. The first-order valence-corrected chi connectivity index (χ1v) is 10.4. The van der Waals surface area contributed by atoms with E-state index in [-0.39, 0.29) is 12.0 Å². The number of nitrogens with two attached hydrogens (primary N) is 1. The van der Waals surface area contributed by atoms with Gasteiger partial charge in [-0.05, 0) is 34.8 Å². The molecule has 2 aromatic carbocycles. The minimum Gasteiger partial charge on any atom is -0.497 e. The first-order valence-electron chi connectivity index (χ1n) is 8.07. The molecule has 3 rings (SSSR count). The number of methoxy groups -OCH3 is 2. The fourth-order valence-electron chi connectivity index (χ4n) is 2.87. The number of aromatic nitrogens is 2. The van der Waals surface area contributed by atoms with Crippen molar-refractivity contribution < 1.29 is 22.3 Å². The van der Waals surface area contributed by atoms with Crippen LogP contribution in [0.4, 0.5) is 4.39 Å². The number of sulfonamides is 1. The van der Waals surface area contributed by atoms with Crippen molar-refractivity contribution in [3.63, 3.8) is 0 Å². The van der Waals surface area contributed by atoms with Crippen molar-refractivity contribution in [2.24, 2.45) is 5.14 Å². The van der Waals surface area contributed by atoms with Crippen LogP contribution in [0.2, 0.25) is 0 Å². The lowest BCUT2D eigenvalue weighted by molar-refractivity contribution is 0.391. The van der Waals surface area contributed by atoms with Crippen molar-refractivity contribution in [2.75, 3.05) is 14.2 Å². The van der Waals surface area contributed by atoms with Crippen LogP contribution in [-0.2, 0) is 16.4 Å². The summed E-state index contributed by atoms with van der Waals surface area (Å²) in [5, 5.41) is 18.5. The molecular formula is C18H15FN4O4S2. The Bertz CT molecular complexity index is 1210. The van der Waals surface area contributed by atoms with Gasteiger partial charge >= 0.3 is 0 Å². The predicted molar refractivity (Wildman–Crippen MR) is 104 cm³/mol. The first kappa shape index (κ1) is 20.7. The molecule has 0 unspecified atom stereocenters. The van der Waals surface area contributed by atoms with Crippen LogP contribution in [0.5, 0.6) is 11.5 Å². The zero-order valence-electron chi connectivity index (χ0n) is 15.3. The Balaban J connectivity index is 2.29. The summed E-state index contributed by atoms with van der Waals surface area (Å²) < 4.78 is 52.9. The van der Waals surface area contributed by atoms with E-state index < -0.39 is 26.3 Å². The summed E-state index contributed by atoms with van der Waals surface area (Å²) in [6.45, 7) is 0. The summed E-state index contributed by atoms with van der Waals surface area (Å²) in [6, 6.07) is 7.95. The van der Waals surface area contributed by atoms with Gasteiger partial charge in [0.15, 0.2) is 5.82 Å². The zero-order chi connectivity index (χ0) is 21.2. The highest BCUT2D eigenvalue weighted by molar-refractivity contribution is 7.89. The first-order chi connectivity index (χ1) is 13.8. The summed E-state index contributed by atoms with van der Waals surface area (Å²) in [7, 11) is -1.41. The standard InChI is InChI=1S/C18H15FN4O4S2/c1-26-11-4-3-10(15(6-11)27-2)5-12-13(16-9-22-23-28-16)7-17(29(21,24)25)18(19)14(12)8-20/h3-4,6-7,9H,5H2,1-2H3,(H2,21,24,25). The van der Waals surface area contributed by atoms with Gasteiger partial charge in [-0.3, -0.25) is 0 Å². The molecule has 29 heavy (non-hydrogen) atoms. The summed E-state index contributed by atoms with van der Waals surface area (Å²) in [6.07, 6.45) is 1.49. The van der Waals surface area contributed by atoms with Gasteiger partial charge in [0.1, 0.15) is 22.5 Å². The molecule has 0 atom stereocenters. The largest absolute Gasteiger partial charge is 0.497 e. The molecule has 8 nitrogen and oxygen atoms in total. The Morgan fingerprint density at radius 2 is 2.03 bits per heavy atom. The lowest BCUT2D eigenvalue weighted by Gasteiger charge is -2.16. The highest BCUT2D eigenvalue weighted by Crippen LogP contribution is 2.36. The molecule has 0 bridgehead atoms. The number of hydrogen-bond donors (Lipinski definition) is 1. The van der Waals surface area contributed by atoms with Gasteiger partial charge in [0.05, 0.1) is 30.9 Å². The van der Waals surface area contributed by atoms with E-state index in [2.05, 4.69) is 9.59 Å². The Hall–Kier alpha value is -3.07. The quantitative estimate of drug-likeness (QED) is 0.631. The van der Waals surface area contributed by atoms with Crippen LogP contribution in [-0.4, -0.2) is 32.2 Å². The molecule has 0 aliphatic rings. The summed E-state index contributed by atoms with van der Waals surface area (Å²) in [5.74, 6) is -0.162. The van der Waals surface area contributed by atoms with Gasteiger partial charge < -0.3 is 9.47 Å². The fourth-order valence-corrected chi connectivity index (χ4v) is 4.06. The predicted octanol–water partition coefficient (Wildman–Crippen LogP) is 2.47. The zero-order valence-corrected chi connectivity index (χ0v) is 17.0. The van der Waals surface area contributed by atoms with Crippen LogP contribution in [0.15, 0.2) is 35.4 Å². The Labute approximate surface area is 170 Å². The second kappa shape index (κ2) is 8.12. The molecule has 1 heterocycles. The number of nitrogens with zero attached hydrogens (tertiary/aromatic N) is 3. The van der Waals surface area contributed by atoms with E-state index in [4.69, 9.17) is 14.6 Å². The van der Waals surface area contributed by atoms with Crippen LogP contribution in [0.3, 0.4) is 0 Å². The van der Waals surface area contributed by atoms with Crippen molar-refractivity contribution in [3.05, 3.63) is 53.0 Å². The maximum Gasteiger partial charge on any atom is 0.241 e. The SMILES string of the molecule is COc1ccc(Cc2c(-c3cnns3)cc(S(N)(=O)=O)c(F)c2C#N)c(OC)c1. The van der Waals surface area contributed by atoms with Gasteiger partial charge in [0.25, 0.3) is 0 Å². The number of ether oxygens (including phenoxy) is 2. The number of primary sulfonamides is 1. The molecule has 1 aromatic heterocycles. The van der Waals surface area contributed by atoms with Crippen LogP contribution in [0.25, 0.3) is 10.4 Å². The lowest BCUT2D eigenvalue weighted by atomic mass is 9.93. The maximum atomic E-state index is 14.9. The molecule has 0 amide bonds. The van der Waals surface area contributed by atoms with Gasteiger partial charge in [-0.15, -0.1) is 5.10 Å². The van der Waals surface area contributed by atoms with E-state index in [1.165, 1.54) is 20.4 Å². The van der Waals surface area contributed by atoms with E-state index in [1.807, 2.05) is 0 Å². The molecular weight excluding hydrogens is 419 g/mol. The smallest absolute Gasteiger partial charge is 0.241 e. The van der Waals surface area contributed by atoms with Crippen LogP contribution in [0.1, 0.15) is 16.7 Å². The molecule has 0 spiro atoms. The molecule has 150 valence electrons. The van der Waals surface area contributed by atoms with Crippen molar-refractivity contribution in [1.82, 2.24) is 9.59 Å². The number of rotatable bonds is 6. The van der Waals surface area contributed by atoms with Crippen LogP contribution in [0, 0.1) is 17.1 Å². The molecule has 0 aliphatic carbocycles. The van der Waals surface area contributed by atoms with Gasteiger partial charge in [-0.1, -0.05) is 10.6 Å². The molecule has 2 N–H and O–H groups in total. The summed E-state index contributed by atoms with van der Waals surface area (Å²) >= 11 is 0.981. The van der Waals surface area contributed by atoms with Crippen molar-refractivity contribution in [1.29, 1.82) is 5.26 Å². The molecule has 0 radical (unpaired) electrons. The fraction of sp³-hybridized carbons (Fsp3) is 0.167. The number of halogens is 1. The van der Waals surface area contributed by atoms with Crippen molar-refractivity contribution in [2.45, 2.75) is 11.3 Å². The average Bonchev–Trinajstić information content (AvgIpc) is 3.22. The molecule has 0 aliphatic heterocycles. The second-order valence-corrected chi connectivity index (χ2v) is 8.20. The summed E-state index contributed by atoms with van der Waals surface area (Å²) in [5.41, 5.74) is 0.802. The van der Waals surface area contributed by atoms with Gasteiger partial charge in [-0.25, -0.2) is 17.9 Å². The van der Waals surface area contributed by atoms with E-state index in [1.54, 1.807) is 24.3 Å². The highest BCUT2D eigenvalue weighted by atomic mass is 32.2. The molecule has 11 heteroatoms. The maximum absolute atomic E-state index is 14.9. The Kier molecular flexibility index (Phi) is 5.78. The molecule has 0 saturated carbocycles. The monoisotopic (exact) mass is 434 g/mol. The third-order valence-corrected chi connectivity index (χ3v) is 5.85. The minimum atomic E-state index is -4.39.